The molecular formula is C11H11N3O. The van der Waals surface area contributed by atoms with Crippen LogP contribution in [0.5, 0.6) is 0 Å². The molecule has 0 N–H and O–H groups in total. The molecule has 0 aliphatic rings. The number of hydrogen-bond donors (Lipinski definition) is 0. The molecule has 0 radical (unpaired) electrons. The minimum Gasteiger partial charge on any atom is -0.294 e. The van der Waals surface area contributed by atoms with Crippen molar-refractivity contribution in [3.8, 4) is 0 Å². The molecule has 2 aromatic heterocycles. The van der Waals surface area contributed by atoms with Crippen LogP contribution < -0.4 is 0 Å². The van der Waals surface area contributed by atoms with Gasteiger partial charge in [-0.25, -0.2) is 0 Å². The van der Waals surface area contributed by atoms with Crippen LogP contribution in [-0.2, 0) is 6.54 Å². The van der Waals surface area contributed by atoms with Gasteiger partial charge in [-0.2, -0.15) is 5.10 Å². The van der Waals surface area contributed by atoms with Crippen LogP contribution in [0, 0.1) is 0 Å². The van der Waals surface area contributed by atoms with Gasteiger partial charge in [0.1, 0.15) is 0 Å². The largest absolute Gasteiger partial charge is 0.294 e. The predicted molar refractivity (Wildman–Crippen MR) is 55.6 cm³/mol. The smallest absolute Gasteiger partial charge is 0.162 e. The number of rotatable bonds is 3. The van der Waals surface area contributed by atoms with Gasteiger partial charge in [0.25, 0.3) is 0 Å². The minimum atomic E-state index is 0.0379. The summed E-state index contributed by atoms with van der Waals surface area (Å²) in [6.07, 6.45) is 6.82. The van der Waals surface area contributed by atoms with Gasteiger partial charge in [-0.1, -0.05) is 0 Å². The Hall–Kier alpha value is -1.97. The van der Waals surface area contributed by atoms with Crippen molar-refractivity contribution >= 4 is 5.78 Å². The van der Waals surface area contributed by atoms with Crippen LogP contribution in [-0.4, -0.2) is 20.5 Å². The number of Topliss-reactive ketones (excluding diaryl/α,β-unsaturated/α-hetero) is 1. The number of pyridine rings is 1. The molecule has 0 aromatic carbocycles. The highest BCUT2D eigenvalue weighted by molar-refractivity contribution is 5.93. The molecule has 0 amide bonds. The Kier molecular flexibility index (Phi) is 2.58. The van der Waals surface area contributed by atoms with E-state index >= 15 is 0 Å². The van der Waals surface area contributed by atoms with Gasteiger partial charge in [0.15, 0.2) is 5.78 Å². The maximum Gasteiger partial charge on any atom is 0.162 e. The molecule has 0 unspecified atom stereocenters. The summed E-state index contributed by atoms with van der Waals surface area (Å²) in [5, 5.41) is 4.11. The summed E-state index contributed by atoms with van der Waals surface area (Å²) in [4.78, 5) is 15.0. The van der Waals surface area contributed by atoms with E-state index in [2.05, 4.69) is 10.1 Å². The van der Waals surface area contributed by atoms with Gasteiger partial charge in [0.2, 0.25) is 0 Å². The highest BCUT2D eigenvalue weighted by atomic mass is 16.1. The van der Waals surface area contributed by atoms with Crippen molar-refractivity contribution in [2.24, 2.45) is 0 Å². The second-order valence-corrected chi connectivity index (χ2v) is 3.34. The van der Waals surface area contributed by atoms with Gasteiger partial charge in [0.05, 0.1) is 18.3 Å². The van der Waals surface area contributed by atoms with E-state index < -0.39 is 0 Å². The van der Waals surface area contributed by atoms with Crippen molar-refractivity contribution in [1.82, 2.24) is 14.8 Å². The molecule has 4 nitrogen and oxygen atoms in total. The van der Waals surface area contributed by atoms with E-state index in [1.165, 1.54) is 6.92 Å². The van der Waals surface area contributed by atoms with Crippen molar-refractivity contribution in [3.05, 3.63) is 48.0 Å². The average Bonchev–Trinajstić information content (AvgIpc) is 2.68. The first-order valence-electron chi connectivity index (χ1n) is 4.68. The highest BCUT2D eigenvalue weighted by Crippen LogP contribution is 2.03. The second-order valence-electron chi connectivity index (χ2n) is 3.34. The van der Waals surface area contributed by atoms with E-state index in [4.69, 9.17) is 0 Å². The van der Waals surface area contributed by atoms with E-state index in [9.17, 15) is 4.79 Å². The van der Waals surface area contributed by atoms with Crippen molar-refractivity contribution in [2.75, 3.05) is 0 Å². The zero-order chi connectivity index (χ0) is 10.7. The lowest BCUT2D eigenvalue weighted by atomic mass is 10.2. The van der Waals surface area contributed by atoms with Crippen LogP contribution in [0.4, 0.5) is 0 Å². The van der Waals surface area contributed by atoms with E-state index in [1.807, 2.05) is 12.1 Å². The van der Waals surface area contributed by atoms with E-state index in [1.54, 1.807) is 29.5 Å². The van der Waals surface area contributed by atoms with E-state index in [-0.39, 0.29) is 5.78 Å². The molecule has 15 heavy (non-hydrogen) atoms. The molecular weight excluding hydrogens is 190 g/mol. The summed E-state index contributed by atoms with van der Waals surface area (Å²) in [6, 6.07) is 3.85. The molecule has 76 valence electrons. The van der Waals surface area contributed by atoms with E-state index in [0.717, 1.165) is 5.56 Å². The SMILES string of the molecule is CC(=O)c1cnn(Cc2ccncc2)c1. The average molecular weight is 201 g/mol. The Morgan fingerprint density at radius 1 is 1.40 bits per heavy atom. The van der Waals surface area contributed by atoms with Crippen LogP contribution in [0.25, 0.3) is 0 Å². The third-order valence-electron chi connectivity index (χ3n) is 2.13. The van der Waals surface area contributed by atoms with Crippen molar-refractivity contribution < 1.29 is 4.79 Å². The number of carbonyl (C=O) groups is 1. The molecule has 2 rings (SSSR count). The molecule has 0 spiro atoms. The van der Waals surface area contributed by atoms with Crippen molar-refractivity contribution in [3.63, 3.8) is 0 Å². The van der Waals surface area contributed by atoms with Gasteiger partial charge in [-0.05, 0) is 24.6 Å². The number of aromatic nitrogens is 3. The third kappa shape index (κ3) is 2.28. The summed E-state index contributed by atoms with van der Waals surface area (Å²) >= 11 is 0. The Labute approximate surface area is 87.6 Å². The van der Waals surface area contributed by atoms with Gasteiger partial charge in [-0.3, -0.25) is 14.5 Å². The molecule has 0 saturated carbocycles. The zero-order valence-electron chi connectivity index (χ0n) is 8.42. The molecule has 0 bridgehead atoms. The fourth-order valence-corrected chi connectivity index (χ4v) is 1.31. The van der Waals surface area contributed by atoms with E-state index in [0.29, 0.717) is 12.1 Å². The lowest BCUT2D eigenvalue weighted by molar-refractivity contribution is 0.101. The summed E-state index contributed by atoms with van der Waals surface area (Å²) in [5.74, 6) is 0.0379. The molecule has 0 atom stereocenters. The number of carbonyl (C=O) groups excluding carboxylic acids is 1. The molecule has 4 heteroatoms. The maximum atomic E-state index is 11.0. The molecule has 0 aliphatic carbocycles. The summed E-state index contributed by atoms with van der Waals surface area (Å²) in [6.45, 7) is 2.20. The minimum absolute atomic E-state index is 0.0379. The summed E-state index contributed by atoms with van der Waals surface area (Å²) in [5.41, 5.74) is 1.76. The standard InChI is InChI=1S/C11H11N3O/c1-9(15)11-6-13-14(8-11)7-10-2-4-12-5-3-10/h2-6,8H,7H2,1H3. The first-order valence-corrected chi connectivity index (χ1v) is 4.68. The van der Waals surface area contributed by atoms with Crippen molar-refractivity contribution in [1.29, 1.82) is 0 Å². The van der Waals surface area contributed by atoms with Crippen LogP contribution >= 0.6 is 0 Å². The Balaban J connectivity index is 2.15. The van der Waals surface area contributed by atoms with Crippen LogP contribution in [0.1, 0.15) is 22.8 Å². The monoisotopic (exact) mass is 201 g/mol. The van der Waals surface area contributed by atoms with Gasteiger partial charge in [0, 0.05) is 18.6 Å². The molecule has 0 aliphatic heterocycles. The highest BCUT2D eigenvalue weighted by Gasteiger charge is 2.02. The Bertz CT molecular complexity index is 462. The fraction of sp³-hybridized carbons (Fsp3) is 0.182. The summed E-state index contributed by atoms with van der Waals surface area (Å²) in [7, 11) is 0. The lowest BCUT2D eigenvalue weighted by Crippen LogP contribution is -1.99. The molecule has 2 aromatic rings. The van der Waals surface area contributed by atoms with Crippen molar-refractivity contribution in [2.45, 2.75) is 13.5 Å². The van der Waals surface area contributed by atoms with Gasteiger partial charge >= 0.3 is 0 Å². The first kappa shape index (κ1) is 9.58. The first-order chi connectivity index (χ1) is 7.25. The second kappa shape index (κ2) is 4.04. The summed E-state index contributed by atoms with van der Waals surface area (Å²) < 4.78 is 1.74. The Morgan fingerprint density at radius 3 is 2.73 bits per heavy atom. The van der Waals surface area contributed by atoms with Crippen LogP contribution in [0.15, 0.2) is 36.9 Å². The number of nitrogens with zero attached hydrogens (tertiary/aromatic N) is 3. The predicted octanol–water partition coefficient (Wildman–Crippen LogP) is 1.53. The lowest BCUT2D eigenvalue weighted by Gasteiger charge is -1.99. The quantitative estimate of drug-likeness (QED) is 0.707. The normalized spacial score (nSPS) is 10.2. The Morgan fingerprint density at radius 2 is 2.13 bits per heavy atom. The topological polar surface area (TPSA) is 47.8 Å². The zero-order valence-corrected chi connectivity index (χ0v) is 8.42. The molecule has 2 heterocycles. The van der Waals surface area contributed by atoms with Gasteiger partial charge in [-0.15, -0.1) is 0 Å². The molecule has 0 fully saturated rings. The third-order valence-corrected chi connectivity index (χ3v) is 2.13. The fourth-order valence-electron chi connectivity index (χ4n) is 1.31. The maximum absolute atomic E-state index is 11.0. The van der Waals surface area contributed by atoms with Gasteiger partial charge < -0.3 is 0 Å². The van der Waals surface area contributed by atoms with Crippen LogP contribution in [0.3, 0.4) is 0 Å². The number of hydrogen-bond acceptors (Lipinski definition) is 3. The number of ketones is 1. The molecule has 0 saturated heterocycles. The van der Waals surface area contributed by atoms with Crippen LogP contribution in [0.2, 0.25) is 0 Å².